The van der Waals surface area contributed by atoms with Crippen LogP contribution in [0.2, 0.25) is 0 Å². The largest absolute Gasteiger partial charge is 0.497 e. The van der Waals surface area contributed by atoms with Crippen LogP contribution in [0.5, 0.6) is 5.75 Å². The number of methoxy groups -OCH3 is 1. The average molecular weight is 374 g/mol. The van der Waals surface area contributed by atoms with Crippen LogP contribution in [-0.2, 0) is 16.6 Å². The zero-order valence-corrected chi connectivity index (χ0v) is 15.5. The number of ether oxygens (including phenoxy) is 1. The van der Waals surface area contributed by atoms with Crippen LogP contribution in [0.3, 0.4) is 0 Å². The highest BCUT2D eigenvalue weighted by Crippen LogP contribution is 2.21. The molecular weight excluding hydrogens is 352 g/mol. The standard InChI is InChI=1S/C19H22N2O4S/c1-25-17-8-4-6-15(12-17)14-20-19(22)16-7-5-9-18(13-16)26(23,24)21-10-2-3-11-21/h4-9,12-13H,2-3,10-11,14H2,1H3,(H,20,22). The fourth-order valence-corrected chi connectivity index (χ4v) is 4.51. The number of hydrogen-bond donors (Lipinski definition) is 1. The molecule has 3 rings (SSSR count). The lowest BCUT2D eigenvalue weighted by molar-refractivity contribution is 0.0950. The van der Waals surface area contributed by atoms with E-state index in [-0.39, 0.29) is 10.8 Å². The van der Waals surface area contributed by atoms with Gasteiger partial charge < -0.3 is 10.1 Å². The summed E-state index contributed by atoms with van der Waals surface area (Å²) in [5.74, 6) is 0.404. The van der Waals surface area contributed by atoms with Gasteiger partial charge in [-0.1, -0.05) is 18.2 Å². The van der Waals surface area contributed by atoms with Gasteiger partial charge in [0.25, 0.3) is 5.91 Å². The highest BCUT2D eigenvalue weighted by Gasteiger charge is 2.27. The third kappa shape index (κ3) is 4.05. The number of benzene rings is 2. The lowest BCUT2D eigenvalue weighted by Crippen LogP contribution is -2.28. The minimum absolute atomic E-state index is 0.161. The lowest BCUT2D eigenvalue weighted by atomic mass is 10.2. The van der Waals surface area contributed by atoms with Crippen molar-refractivity contribution in [1.29, 1.82) is 0 Å². The van der Waals surface area contributed by atoms with Crippen LogP contribution in [-0.4, -0.2) is 38.8 Å². The summed E-state index contributed by atoms with van der Waals surface area (Å²) in [6, 6.07) is 13.6. The minimum Gasteiger partial charge on any atom is -0.497 e. The maximum Gasteiger partial charge on any atom is 0.251 e. The van der Waals surface area contributed by atoms with Crippen LogP contribution in [0.4, 0.5) is 0 Å². The summed E-state index contributed by atoms with van der Waals surface area (Å²) < 4.78 is 31.9. The third-order valence-corrected chi connectivity index (χ3v) is 6.28. The molecule has 1 amide bonds. The van der Waals surface area contributed by atoms with Crippen molar-refractivity contribution in [3.05, 3.63) is 59.7 Å². The fraction of sp³-hybridized carbons (Fsp3) is 0.316. The second kappa shape index (κ2) is 7.88. The van der Waals surface area contributed by atoms with Crippen LogP contribution in [0.25, 0.3) is 0 Å². The van der Waals surface area contributed by atoms with Gasteiger partial charge >= 0.3 is 0 Å². The third-order valence-electron chi connectivity index (χ3n) is 4.39. The normalized spacial score (nSPS) is 15.0. The molecule has 1 N–H and O–H groups in total. The van der Waals surface area contributed by atoms with E-state index in [2.05, 4.69) is 5.32 Å². The Morgan fingerprint density at radius 1 is 1.12 bits per heavy atom. The van der Waals surface area contributed by atoms with E-state index >= 15 is 0 Å². The summed E-state index contributed by atoms with van der Waals surface area (Å²) in [4.78, 5) is 12.6. The monoisotopic (exact) mass is 374 g/mol. The Hall–Kier alpha value is -2.38. The first kappa shape index (κ1) is 18.4. The maximum absolute atomic E-state index is 12.6. The molecule has 1 aliphatic heterocycles. The van der Waals surface area contributed by atoms with E-state index in [1.165, 1.54) is 16.4 Å². The number of nitrogens with one attached hydrogen (secondary N) is 1. The van der Waals surface area contributed by atoms with Gasteiger partial charge in [-0.3, -0.25) is 4.79 Å². The molecule has 7 heteroatoms. The summed E-state index contributed by atoms with van der Waals surface area (Å²) in [6.07, 6.45) is 1.75. The summed E-state index contributed by atoms with van der Waals surface area (Å²) in [5.41, 5.74) is 1.23. The van der Waals surface area contributed by atoms with Gasteiger partial charge in [0.05, 0.1) is 12.0 Å². The fourth-order valence-electron chi connectivity index (χ4n) is 2.94. The molecule has 138 valence electrons. The van der Waals surface area contributed by atoms with Gasteiger partial charge in [0.15, 0.2) is 0 Å². The number of rotatable bonds is 6. The molecule has 0 radical (unpaired) electrons. The first-order chi connectivity index (χ1) is 12.5. The summed E-state index contributed by atoms with van der Waals surface area (Å²) in [5, 5.41) is 2.81. The topological polar surface area (TPSA) is 75.7 Å². The highest BCUT2D eigenvalue weighted by atomic mass is 32.2. The van der Waals surface area contributed by atoms with Gasteiger partial charge in [-0.25, -0.2) is 8.42 Å². The number of carbonyl (C=O) groups is 1. The number of sulfonamides is 1. The van der Waals surface area contributed by atoms with Crippen LogP contribution >= 0.6 is 0 Å². The first-order valence-electron chi connectivity index (χ1n) is 8.52. The number of carbonyl (C=O) groups excluding carboxylic acids is 1. The Labute approximate surface area is 153 Å². The van der Waals surface area contributed by atoms with Gasteiger partial charge in [-0.05, 0) is 48.7 Å². The predicted octanol–water partition coefficient (Wildman–Crippen LogP) is 2.41. The van der Waals surface area contributed by atoms with E-state index in [4.69, 9.17) is 4.74 Å². The molecule has 0 unspecified atom stereocenters. The molecule has 0 atom stereocenters. The van der Waals surface area contributed by atoms with Gasteiger partial charge in [0, 0.05) is 25.2 Å². The number of hydrogen-bond acceptors (Lipinski definition) is 4. The molecular formula is C19H22N2O4S. The SMILES string of the molecule is COc1cccc(CNC(=O)c2cccc(S(=O)(=O)N3CCCC3)c2)c1. The van der Waals surface area contributed by atoms with Crippen molar-refractivity contribution in [1.82, 2.24) is 9.62 Å². The Morgan fingerprint density at radius 2 is 1.85 bits per heavy atom. The van der Waals surface area contributed by atoms with Gasteiger partial charge in [0.1, 0.15) is 5.75 Å². The van der Waals surface area contributed by atoms with Gasteiger partial charge in [-0.15, -0.1) is 0 Å². The molecule has 26 heavy (non-hydrogen) atoms. The summed E-state index contributed by atoms with van der Waals surface area (Å²) in [6.45, 7) is 1.41. The summed E-state index contributed by atoms with van der Waals surface area (Å²) >= 11 is 0. The minimum atomic E-state index is -3.53. The van der Waals surface area contributed by atoms with Gasteiger partial charge in [0.2, 0.25) is 10.0 Å². The van der Waals surface area contributed by atoms with Gasteiger partial charge in [-0.2, -0.15) is 4.31 Å². The highest BCUT2D eigenvalue weighted by molar-refractivity contribution is 7.89. The zero-order valence-electron chi connectivity index (χ0n) is 14.6. The molecule has 1 aliphatic rings. The van der Waals surface area contributed by atoms with Crippen molar-refractivity contribution in [2.24, 2.45) is 0 Å². The Balaban J connectivity index is 1.72. The van der Waals surface area contributed by atoms with Crippen LogP contribution in [0, 0.1) is 0 Å². The predicted molar refractivity (Wildman–Crippen MR) is 98.6 cm³/mol. The Bertz CT molecular complexity index is 890. The molecule has 0 saturated carbocycles. The van der Waals surface area contributed by atoms with Crippen molar-refractivity contribution in [2.75, 3.05) is 20.2 Å². The molecule has 0 aliphatic carbocycles. The summed E-state index contributed by atoms with van der Waals surface area (Å²) in [7, 11) is -1.95. The van der Waals surface area contributed by atoms with Crippen LogP contribution in [0.1, 0.15) is 28.8 Å². The first-order valence-corrected chi connectivity index (χ1v) is 9.96. The number of amides is 1. The van der Waals surface area contributed by atoms with E-state index in [0.717, 1.165) is 24.2 Å². The Morgan fingerprint density at radius 3 is 2.58 bits per heavy atom. The van der Waals surface area contributed by atoms with E-state index in [0.29, 0.717) is 25.2 Å². The van der Waals surface area contributed by atoms with Crippen LogP contribution in [0.15, 0.2) is 53.4 Å². The van der Waals surface area contributed by atoms with Crippen molar-refractivity contribution in [3.8, 4) is 5.75 Å². The van der Waals surface area contributed by atoms with E-state index in [9.17, 15) is 13.2 Å². The quantitative estimate of drug-likeness (QED) is 0.842. The average Bonchev–Trinajstić information content (AvgIpc) is 3.22. The molecule has 6 nitrogen and oxygen atoms in total. The van der Waals surface area contributed by atoms with E-state index in [1.54, 1.807) is 19.2 Å². The molecule has 0 bridgehead atoms. The number of nitrogens with zero attached hydrogens (tertiary/aromatic N) is 1. The van der Waals surface area contributed by atoms with Crippen molar-refractivity contribution < 1.29 is 17.9 Å². The zero-order chi connectivity index (χ0) is 18.6. The molecule has 1 fully saturated rings. The smallest absolute Gasteiger partial charge is 0.251 e. The molecule has 1 saturated heterocycles. The second-order valence-electron chi connectivity index (χ2n) is 6.17. The van der Waals surface area contributed by atoms with Crippen molar-refractivity contribution in [2.45, 2.75) is 24.3 Å². The molecule has 1 heterocycles. The van der Waals surface area contributed by atoms with E-state index in [1.807, 2.05) is 24.3 Å². The van der Waals surface area contributed by atoms with E-state index < -0.39 is 10.0 Å². The second-order valence-corrected chi connectivity index (χ2v) is 8.11. The Kier molecular flexibility index (Phi) is 5.58. The van der Waals surface area contributed by atoms with Crippen molar-refractivity contribution >= 4 is 15.9 Å². The molecule has 2 aromatic carbocycles. The van der Waals surface area contributed by atoms with Crippen LogP contribution < -0.4 is 10.1 Å². The molecule has 0 spiro atoms. The molecule has 0 aromatic heterocycles. The van der Waals surface area contributed by atoms with Crippen molar-refractivity contribution in [3.63, 3.8) is 0 Å². The lowest BCUT2D eigenvalue weighted by Gasteiger charge is -2.16. The molecule has 2 aromatic rings. The maximum atomic E-state index is 12.6.